The molecule has 1 N–H and O–H groups in total. The summed E-state index contributed by atoms with van der Waals surface area (Å²) in [5.41, 5.74) is 1.87. The van der Waals surface area contributed by atoms with Crippen molar-refractivity contribution >= 4 is 55.8 Å². The number of hydrogen-bond donors (Lipinski definition) is 1. The highest BCUT2D eigenvalue weighted by atomic mass is 127. The number of carbonyl (C=O) groups excluding carboxylic acids is 1. The zero-order chi connectivity index (χ0) is 14.9. The van der Waals surface area contributed by atoms with Gasteiger partial charge >= 0.3 is 0 Å². The van der Waals surface area contributed by atoms with E-state index in [4.69, 9.17) is 0 Å². The van der Waals surface area contributed by atoms with Gasteiger partial charge in [0.05, 0.1) is 11.6 Å². The van der Waals surface area contributed by atoms with E-state index in [1.807, 2.05) is 25.1 Å². The number of halogens is 2. The Balaban J connectivity index is 2.19. The lowest BCUT2D eigenvalue weighted by Gasteiger charge is -2.15. The van der Waals surface area contributed by atoms with Crippen LogP contribution in [0.15, 0.2) is 28.7 Å². The van der Waals surface area contributed by atoms with Gasteiger partial charge in [0.25, 0.3) is 5.91 Å². The molecule has 0 saturated heterocycles. The smallest absolute Gasteiger partial charge is 0.252 e. The molecule has 2 aromatic rings. The zero-order valence-electron chi connectivity index (χ0n) is 11.5. The molecular weight excluding hydrogens is 449 g/mol. The quantitative estimate of drug-likeness (QED) is 0.621. The third-order valence-electron chi connectivity index (χ3n) is 3.07. The Hall–Kier alpha value is -0.400. The first-order chi connectivity index (χ1) is 9.38. The second-order valence-electron chi connectivity index (χ2n) is 4.69. The molecule has 1 aromatic carbocycles. The number of nitrogens with one attached hydrogen (secondary N) is 1. The number of benzene rings is 1. The lowest BCUT2D eigenvalue weighted by Crippen LogP contribution is -2.27. The molecule has 20 heavy (non-hydrogen) atoms. The average molecular weight is 464 g/mol. The monoisotopic (exact) mass is 463 g/mol. The van der Waals surface area contributed by atoms with Crippen LogP contribution in [0.4, 0.5) is 0 Å². The van der Waals surface area contributed by atoms with E-state index in [1.165, 1.54) is 15.3 Å². The summed E-state index contributed by atoms with van der Waals surface area (Å²) < 4.78 is 1.87. The Morgan fingerprint density at radius 3 is 2.65 bits per heavy atom. The van der Waals surface area contributed by atoms with Crippen LogP contribution >= 0.6 is 49.9 Å². The van der Waals surface area contributed by atoms with Crippen LogP contribution < -0.4 is 5.32 Å². The van der Waals surface area contributed by atoms with E-state index in [1.54, 1.807) is 11.3 Å². The van der Waals surface area contributed by atoms with Gasteiger partial charge in [-0.25, -0.2) is 0 Å². The number of thiophene rings is 1. The Morgan fingerprint density at radius 1 is 1.35 bits per heavy atom. The lowest BCUT2D eigenvalue weighted by atomic mass is 10.1. The molecule has 1 unspecified atom stereocenters. The van der Waals surface area contributed by atoms with Gasteiger partial charge in [0.1, 0.15) is 0 Å². The molecule has 1 heterocycles. The van der Waals surface area contributed by atoms with Crippen LogP contribution in [0.1, 0.15) is 38.6 Å². The van der Waals surface area contributed by atoms with Crippen molar-refractivity contribution in [3.05, 3.63) is 53.2 Å². The van der Waals surface area contributed by atoms with Gasteiger partial charge in [-0.15, -0.1) is 11.3 Å². The summed E-state index contributed by atoms with van der Waals surface area (Å²) in [7, 11) is 0. The molecule has 2 nitrogen and oxygen atoms in total. The summed E-state index contributed by atoms with van der Waals surface area (Å²) in [5.74, 6) is -0.0499. The lowest BCUT2D eigenvalue weighted by molar-refractivity contribution is 0.0939. The molecule has 0 fully saturated rings. The van der Waals surface area contributed by atoms with Gasteiger partial charge in [0.15, 0.2) is 0 Å². The summed E-state index contributed by atoms with van der Waals surface area (Å²) >= 11 is 7.41. The molecular formula is C15H15BrINOS. The van der Waals surface area contributed by atoms with Crippen molar-refractivity contribution in [3.8, 4) is 0 Å². The van der Waals surface area contributed by atoms with Crippen LogP contribution in [0.3, 0.4) is 0 Å². The molecule has 0 aliphatic rings. The second kappa shape index (κ2) is 6.58. The first-order valence-corrected chi connectivity index (χ1v) is 8.90. The summed E-state index contributed by atoms with van der Waals surface area (Å²) in [5, 5.41) is 3.07. The van der Waals surface area contributed by atoms with Crippen molar-refractivity contribution in [2.75, 3.05) is 0 Å². The van der Waals surface area contributed by atoms with Crippen LogP contribution in [-0.2, 0) is 0 Å². The summed E-state index contributed by atoms with van der Waals surface area (Å²) in [6, 6.07) is 7.92. The third kappa shape index (κ3) is 3.62. The third-order valence-corrected chi connectivity index (χ3v) is 5.41. The fourth-order valence-electron chi connectivity index (χ4n) is 2.10. The van der Waals surface area contributed by atoms with Crippen LogP contribution in [0, 0.1) is 17.4 Å². The van der Waals surface area contributed by atoms with E-state index < -0.39 is 0 Å². The Labute approximate surface area is 145 Å². The van der Waals surface area contributed by atoms with Gasteiger partial charge in [-0.2, -0.15) is 0 Å². The van der Waals surface area contributed by atoms with Gasteiger partial charge < -0.3 is 5.32 Å². The molecule has 106 valence electrons. The highest BCUT2D eigenvalue weighted by Crippen LogP contribution is 2.27. The van der Waals surface area contributed by atoms with Crippen LogP contribution in [-0.4, -0.2) is 5.91 Å². The molecule has 5 heteroatoms. The molecule has 0 saturated carbocycles. The summed E-state index contributed by atoms with van der Waals surface area (Å²) in [6.07, 6.45) is 0. The van der Waals surface area contributed by atoms with E-state index >= 15 is 0 Å². The maximum absolute atomic E-state index is 12.4. The first-order valence-electron chi connectivity index (χ1n) is 6.21. The highest BCUT2D eigenvalue weighted by molar-refractivity contribution is 14.1. The maximum Gasteiger partial charge on any atom is 0.252 e. The SMILES string of the molecule is Cc1cc(C(C)NC(=O)c2cc(I)ccc2Br)c(C)s1. The fraction of sp³-hybridized carbons (Fsp3) is 0.267. The van der Waals surface area contributed by atoms with Crippen LogP contribution in [0.2, 0.25) is 0 Å². The largest absolute Gasteiger partial charge is 0.345 e. The molecule has 1 aromatic heterocycles. The van der Waals surface area contributed by atoms with Crippen molar-refractivity contribution < 1.29 is 4.79 Å². The average Bonchev–Trinajstić information content (AvgIpc) is 2.71. The first kappa shape index (κ1) is 16.0. The van der Waals surface area contributed by atoms with Crippen LogP contribution in [0.25, 0.3) is 0 Å². The second-order valence-corrected chi connectivity index (χ2v) is 8.25. The highest BCUT2D eigenvalue weighted by Gasteiger charge is 2.16. The number of aryl methyl sites for hydroxylation is 2. The molecule has 0 aliphatic heterocycles. The van der Waals surface area contributed by atoms with Crippen molar-refractivity contribution in [2.24, 2.45) is 0 Å². The van der Waals surface area contributed by atoms with Crippen molar-refractivity contribution in [1.29, 1.82) is 0 Å². The Bertz CT molecular complexity index is 653. The predicted octanol–water partition coefficient (Wildman–Crippen LogP) is 5.22. The molecule has 0 aliphatic carbocycles. The van der Waals surface area contributed by atoms with Crippen molar-refractivity contribution in [3.63, 3.8) is 0 Å². The van der Waals surface area contributed by atoms with Gasteiger partial charge in [0.2, 0.25) is 0 Å². The number of hydrogen-bond acceptors (Lipinski definition) is 2. The fourth-order valence-corrected chi connectivity index (χ4v) is 4.04. The van der Waals surface area contributed by atoms with E-state index in [0.717, 1.165) is 8.04 Å². The van der Waals surface area contributed by atoms with E-state index in [-0.39, 0.29) is 11.9 Å². The molecule has 2 rings (SSSR count). The van der Waals surface area contributed by atoms with Crippen LogP contribution in [0.5, 0.6) is 0 Å². The molecule has 0 spiro atoms. The van der Waals surface area contributed by atoms with E-state index in [2.05, 4.69) is 63.8 Å². The van der Waals surface area contributed by atoms with Gasteiger partial charge in [0, 0.05) is 17.8 Å². The molecule has 0 bridgehead atoms. The maximum atomic E-state index is 12.4. The van der Waals surface area contributed by atoms with Crippen molar-refractivity contribution in [2.45, 2.75) is 26.8 Å². The minimum atomic E-state index is -0.0499. The van der Waals surface area contributed by atoms with E-state index in [0.29, 0.717) is 5.56 Å². The van der Waals surface area contributed by atoms with Gasteiger partial charge in [-0.3, -0.25) is 4.79 Å². The summed E-state index contributed by atoms with van der Waals surface area (Å²) in [6.45, 7) is 6.21. The predicted molar refractivity (Wildman–Crippen MR) is 96.5 cm³/mol. The van der Waals surface area contributed by atoms with Crippen molar-refractivity contribution in [1.82, 2.24) is 5.32 Å². The number of amides is 1. The standard InChI is InChI=1S/C15H15BrINOS/c1-8-6-12(10(3)20-8)9(2)18-15(19)13-7-11(17)4-5-14(13)16/h4-7,9H,1-3H3,(H,18,19). The topological polar surface area (TPSA) is 29.1 Å². The zero-order valence-corrected chi connectivity index (χ0v) is 16.0. The Kier molecular flexibility index (Phi) is 5.25. The minimum Gasteiger partial charge on any atom is -0.345 e. The molecule has 1 atom stereocenters. The Morgan fingerprint density at radius 2 is 2.05 bits per heavy atom. The van der Waals surface area contributed by atoms with E-state index in [9.17, 15) is 4.79 Å². The minimum absolute atomic E-state index is 0.0113. The molecule has 0 radical (unpaired) electrons. The van der Waals surface area contributed by atoms with Gasteiger partial charge in [-0.05, 0) is 89.1 Å². The molecule has 1 amide bonds. The summed E-state index contributed by atoms with van der Waals surface area (Å²) in [4.78, 5) is 14.9. The normalized spacial score (nSPS) is 12.2. The number of carbonyl (C=O) groups is 1. The van der Waals surface area contributed by atoms with Gasteiger partial charge in [-0.1, -0.05) is 0 Å². The number of rotatable bonds is 3.